The first-order valence-electron chi connectivity index (χ1n) is 12.9. The van der Waals surface area contributed by atoms with E-state index in [9.17, 15) is 14.0 Å². The second-order valence-electron chi connectivity index (χ2n) is 10.4. The molecular formula is C31H32FN3O3. The van der Waals surface area contributed by atoms with Gasteiger partial charge in [-0.05, 0) is 98.8 Å². The van der Waals surface area contributed by atoms with Crippen molar-refractivity contribution in [3.63, 3.8) is 0 Å². The third-order valence-electron chi connectivity index (χ3n) is 7.34. The Balaban J connectivity index is 1.44. The number of carbonyl (C=O) groups excluding carboxylic acids is 2. The van der Waals surface area contributed by atoms with Crippen molar-refractivity contribution in [1.29, 1.82) is 0 Å². The average Bonchev–Trinajstić information content (AvgIpc) is 3.49. The molecule has 0 aliphatic carbocycles. The van der Waals surface area contributed by atoms with E-state index < -0.39 is 0 Å². The zero-order valence-corrected chi connectivity index (χ0v) is 21.9. The third-order valence-corrected chi connectivity index (χ3v) is 7.34. The molecule has 6 nitrogen and oxygen atoms in total. The number of ether oxygens (including phenoxy) is 1. The molecule has 0 radical (unpaired) electrons. The Bertz CT molecular complexity index is 1500. The Morgan fingerprint density at radius 2 is 1.76 bits per heavy atom. The van der Waals surface area contributed by atoms with Crippen molar-refractivity contribution in [3.8, 4) is 0 Å². The van der Waals surface area contributed by atoms with E-state index in [1.807, 2.05) is 67.8 Å². The van der Waals surface area contributed by atoms with E-state index in [1.165, 1.54) is 12.1 Å². The molecule has 0 bridgehead atoms. The van der Waals surface area contributed by atoms with E-state index in [2.05, 4.69) is 10.6 Å². The molecule has 1 aromatic heterocycles. The molecule has 1 atom stereocenters. The Labute approximate surface area is 221 Å². The normalized spacial score (nSPS) is 17.1. The predicted octanol–water partition coefficient (Wildman–Crippen LogP) is 6.00. The Kier molecular flexibility index (Phi) is 7.04. The molecule has 0 saturated carbocycles. The van der Waals surface area contributed by atoms with Crippen LogP contribution in [-0.4, -0.2) is 35.1 Å². The van der Waals surface area contributed by atoms with Crippen LogP contribution < -0.4 is 10.6 Å². The summed E-state index contributed by atoms with van der Waals surface area (Å²) in [6.45, 7) is 7.52. The second-order valence-corrected chi connectivity index (χ2v) is 10.4. The van der Waals surface area contributed by atoms with Crippen molar-refractivity contribution >= 4 is 28.4 Å². The van der Waals surface area contributed by atoms with Gasteiger partial charge in [-0.25, -0.2) is 4.39 Å². The van der Waals surface area contributed by atoms with Crippen LogP contribution in [0.5, 0.6) is 0 Å². The maximum absolute atomic E-state index is 13.5. The number of benzene rings is 3. The van der Waals surface area contributed by atoms with E-state index in [1.54, 1.807) is 12.1 Å². The number of halogens is 1. The van der Waals surface area contributed by atoms with Gasteiger partial charge in [-0.3, -0.25) is 9.59 Å². The van der Waals surface area contributed by atoms with E-state index in [0.717, 1.165) is 40.4 Å². The van der Waals surface area contributed by atoms with Gasteiger partial charge < -0.3 is 19.9 Å². The van der Waals surface area contributed by atoms with Gasteiger partial charge in [0.15, 0.2) is 0 Å². The number of rotatable bonds is 7. The summed E-state index contributed by atoms with van der Waals surface area (Å²) < 4.78 is 21.3. The van der Waals surface area contributed by atoms with Crippen LogP contribution in [0.3, 0.4) is 0 Å². The topological polar surface area (TPSA) is 72.4 Å². The Morgan fingerprint density at radius 1 is 0.974 bits per heavy atom. The van der Waals surface area contributed by atoms with Crippen LogP contribution in [0.4, 0.5) is 10.1 Å². The Morgan fingerprint density at radius 3 is 2.47 bits per heavy atom. The van der Waals surface area contributed by atoms with E-state index in [-0.39, 0.29) is 23.2 Å². The predicted molar refractivity (Wildman–Crippen MR) is 147 cm³/mol. The maximum Gasteiger partial charge on any atom is 0.268 e. The molecule has 0 unspecified atom stereocenters. The molecule has 38 heavy (non-hydrogen) atoms. The SMILES string of the molecule is Cc1ccc(C(=O)Nc2ccc3c(c2)cc(C(=O)NC[C@]2(C)CCCO2)n3Cc2ccc(F)cc2)cc1C. The van der Waals surface area contributed by atoms with Crippen LogP contribution in [-0.2, 0) is 11.3 Å². The summed E-state index contributed by atoms with van der Waals surface area (Å²) >= 11 is 0. The summed E-state index contributed by atoms with van der Waals surface area (Å²) in [5.74, 6) is -0.709. The van der Waals surface area contributed by atoms with Gasteiger partial charge in [0.25, 0.3) is 11.8 Å². The quantitative estimate of drug-likeness (QED) is 0.319. The molecule has 196 valence electrons. The number of hydrogen-bond acceptors (Lipinski definition) is 3. The van der Waals surface area contributed by atoms with Crippen molar-refractivity contribution in [1.82, 2.24) is 9.88 Å². The minimum atomic E-state index is -0.366. The van der Waals surface area contributed by atoms with Crippen LogP contribution in [0.25, 0.3) is 10.9 Å². The standard InChI is InChI=1S/C31H32FN3O3/c1-20-5-8-23(15-21(20)2)29(36)34-26-11-12-27-24(16-26)17-28(30(37)33-19-31(3)13-4-14-38-31)35(27)18-22-6-9-25(32)10-7-22/h5-12,15-17H,4,13-14,18-19H2,1-3H3,(H,33,37)(H,34,36)/t31-/m0/s1. The molecule has 4 aromatic rings. The zero-order chi connectivity index (χ0) is 26.9. The Hall–Kier alpha value is -3.97. The lowest BCUT2D eigenvalue weighted by atomic mass is 10.0. The molecule has 7 heteroatoms. The van der Waals surface area contributed by atoms with Crippen LogP contribution in [0.2, 0.25) is 0 Å². The van der Waals surface area contributed by atoms with E-state index in [0.29, 0.717) is 36.6 Å². The summed E-state index contributed by atoms with van der Waals surface area (Å²) in [5, 5.41) is 6.83. The summed E-state index contributed by atoms with van der Waals surface area (Å²) in [7, 11) is 0. The minimum absolute atomic E-state index is 0.194. The van der Waals surface area contributed by atoms with Gasteiger partial charge in [0.05, 0.1) is 5.60 Å². The lowest BCUT2D eigenvalue weighted by Gasteiger charge is -2.23. The first-order chi connectivity index (χ1) is 18.2. The van der Waals surface area contributed by atoms with Crippen molar-refractivity contribution < 1.29 is 18.7 Å². The van der Waals surface area contributed by atoms with Crippen LogP contribution >= 0.6 is 0 Å². The summed E-state index contributed by atoms with van der Waals surface area (Å²) in [6, 6.07) is 19.3. The largest absolute Gasteiger partial charge is 0.373 e. The van der Waals surface area contributed by atoms with Gasteiger partial charge in [0, 0.05) is 41.9 Å². The molecule has 0 spiro atoms. The molecule has 1 aliphatic rings. The molecule has 2 N–H and O–H groups in total. The number of amides is 2. The fraction of sp³-hybridized carbons (Fsp3) is 0.290. The van der Waals surface area contributed by atoms with Crippen molar-refractivity contribution in [2.24, 2.45) is 0 Å². The van der Waals surface area contributed by atoms with Gasteiger partial charge in [-0.1, -0.05) is 18.2 Å². The number of nitrogens with one attached hydrogen (secondary N) is 2. The van der Waals surface area contributed by atoms with Gasteiger partial charge in [0.1, 0.15) is 11.5 Å². The fourth-order valence-corrected chi connectivity index (χ4v) is 4.90. The van der Waals surface area contributed by atoms with Gasteiger partial charge in [0.2, 0.25) is 0 Å². The van der Waals surface area contributed by atoms with Gasteiger partial charge in [-0.2, -0.15) is 0 Å². The highest BCUT2D eigenvalue weighted by molar-refractivity contribution is 6.06. The van der Waals surface area contributed by atoms with Gasteiger partial charge >= 0.3 is 0 Å². The van der Waals surface area contributed by atoms with Crippen LogP contribution in [0.1, 0.15) is 57.3 Å². The first kappa shape index (κ1) is 25.7. The van der Waals surface area contributed by atoms with E-state index in [4.69, 9.17) is 4.74 Å². The minimum Gasteiger partial charge on any atom is -0.373 e. The maximum atomic E-state index is 13.5. The van der Waals surface area contributed by atoms with Crippen molar-refractivity contribution in [2.45, 2.75) is 45.8 Å². The van der Waals surface area contributed by atoms with Crippen LogP contribution in [0, 0.1) is 19.7 Å². The number of fused-ring (bicyclic) bond motifs is 1. The van der Waals surface area contributed by atoms with E-state index >= 15 is 0 Å². The highest BCUT2D eigenvalue weighted by Gasteiger charge is 2.30. The zero-order valence-electron chi connectivity index (χ0n) is 21.9. The monoisotopic (exact) mass is 513 g/mol. The molecule has 1 saturated heterocycles. The van der Waals surface area contributed by atoms with Crippen molar-refractivity contribution in [2.75, 3.05) is 18.5 Å². The highest BCUT2D eigenvalue weighted by atomic mass is 19.1. The number of aromatic nitrogens is 1. The molecule has 5 rings (SSSR count). The second kappa shape index (κ2) is 10.4. The highest BCUT2D eigenvalue weighted by Crippen LogP contribution is 2.27. The smallest absolute Gasteiger partial charge is 0.268 e. The number of aryl methyl sites for hydroxylation is 2. The number of hydrogen-bond donors (Lipinski definition) is 2. The van der Waals surface area contributed by atoms with Crippen molar-refractivity contribution in [3.05, 3.63) is 100 Å². The summed E-state index contributed by atoms with van der Waals surface area (Å²) in [4.78, 5) is 26.2. The average molecular weight is 514 g/mol. The molecule has 2 amide bonds. The molecule has 1 fully saturated rings. The number of nitrogens with zero attached hydrogens (tertiary/aromatic N) is 1. The molecular weight excluding hydrogens is 481 g/mol. The molecule has 1 aliphatic heterocycles. The molecule has 2 heterocycles. The summed E-state index contributed by atoms with van der Waals surface area (Å²) in [6.07, 6.45) is 1.88. The van der Waals surface area contributed by atoms with Crippen LogP contribution in [0.15, 0.2) is 66.7 Å². The lowest BCUT2D eigenvalue weighted by Crippen LogP contribution is -2.40. The first-order valence-corrected chi connectivity index (χ1v) is 12.9. The third kappa shape index (κ3) is 5.48. The number of anilines is 1. The number of carbonyl (C=O) groups is 2. The van der Waals surface area contributed by atoms with Gasteiger partial charge in [-0.15, -0.1) is 0 Å². The lowest BCUT2D eigenvalue weighted by molar-refractivity contribution is 0.0205. The molecule has 3 aromatic carbocycles. The fourth-order valence-electron chi connectivity index (χ4n) is 4.90. The summed E-state index contributed by atoms with van der Waals surface area (Å²) in [5.41, 5.74) is 5.24.